The minimum atomic E-state index is -1.72. The Morgan fingerprint density at radius 1 is 1.28 bits per heavy atom. The van der Waals surface area contributed by atoms with Gasteiger partial charge in [-0.1, -0.05) is 5.16 Å². The highest BCUT2D eigenvalue weighted by molar-refractivity contribution is 5.91. The van der Waals surface area contributed by atoms with Crippen molar-refractivity contribution in [1.82, 2.24) is 15.0 Å². The Hall–Kier alpha value is -2.62. The molecule has 0 unspecified atom stereocenters. The first kappa shape index (κ1) is 15.9. The minimum absolute atomic E-state index is 0.293. The van der Waals surface area contributed by atoms with Crippen LogP contribution >= 0.6 is 0 Å². The van der Waals surface area contributed by atoms with Gasteiger partial charge >= 0.3 is 0 Å². The van der Waals surface area contributed by atoms with Gasteiger partial charge in [0.2, 0.25) is 5.82 Å². The van der Waals surface area contributed by atoms with E-state index < -0.39 is 40.6 Å². The fourth-order valence-electron chi connectivity index (χ4n) is 2.77. The van der Waals surface area contributed by atoms with Crippen molar-refractivity contribution in [3.8, 4) is 17.2 Å². The number of morpholine rings is 1. The Bertz CT molecular complexity index is 866. The molecule has 2 aliphatic rings. The average molecular weight is 355 g/mol. The zero-order valence-electron chi connectivity index (χ0n) is 12.8. The van der Waals surface area contributed by atoms with Crippen LogP contribution in [0.3, 0.4) is 0 Å². The van der Waals surface area contributed by atoms with E-state index in [-0.39, 0.29) is 11.4 Å². The fraction of sp³-hybridized carbons (Fsp3) is 0.400. The molecule has 0 bridgehead atoms. The molecule has 25 heavy (non-hydrogen) atoms. The van der Waals surface area contributed by atoms with Crippen molar-refractivity contribution in [1.29, 1.82) is 0 Å². The van der Waals surface area contributed by atoms with Crippen LogP contribution in [0.5, 0.6) is 5.75 Å². The Balaban J connectivity index is 1.61. The molecule has 1 aromatic heterocycles. The van der Waals surface area contributed by atoms with Crippen molar-refractivity contribution in [2.24, 2.45) is 0 Å². The molecule has 1 amide bonds. The summed E-state index contributed by atoms with van der Waals surface area (Å²) in [6.45, 7) is 1.14. The van der Waals surface area contributed by atoms with Crippen molar-refractivity contribution < 1.29 is 32.3 Å². The van der Waals surface area contributed by atoms with Crippen molar-refractivity contribution >= 4 is 5.91 Å². The van der Waals surface area contributed by atoms with Crippen LogP contribution in [0.1, 0.15) is 23.5 Å². The molecule has 7 nitrogen and oxygen atoms in total. The predicted octanol–water partition coefficient (Wildman–Crippen LogP) is 1.86. The lowest BCUT2D eigenvalue weighted by molar-refractivity contribution is -0.0380. The summed E-state index contributed by atoms with van der Waals surface area (Å²) in [6.07, 6.45) is 1.74. The highest BCUT2D eigenvalue weighted by Gasteiger charge is 2.48. The molecule has 1 saturated carbocycles. The number of phenolic OH excluding ortho intramolecular Hbond substituents is 1. The summed E-state index contributed by atoms with van der Waals surface area (Å²) in [5.41, 5.74) is -0.929. The SMILES string of the molecule is O=C(c1noc(-c2cc(F)c(F)c(O)c2F)n1)N1CCOC2(CC2)C1. The van der Waals surface area contributed by atoms with E-state index in [1.54, 1.807) is 0 Å². The van der Waals surface area contributed by atoms with E-state index >= 15 is 0 Å². The Labute approximate surface area is 139 Å². The van der Waals surface area contributed by atoms with Gasteiger partial charge in [0.25, 0.3) is 17.6 Å². The highest BCUT2D eigenvalue weighted by Crippen LogP contribution is 2.42. The summed E-state index contributed by atoms with van der Waals surface area (Å²) >= 11 is 0. The third kappa shape index (κ3) is 2.62. The van der Waals surface area contributed by atoms with Crippen LogP contribution in [0.2, 0.25) is 0 Å². The number of nitrogens with zero attached hydrogens (tertiary/aromatic N) is 3. The second-order valence-corrected chi connectivity index (χ2v) is 6.06. The van der Waals surface area contributed by atoms with Gasteiger partial charge in [-0.15, -0.1) is 0 Å². The normalized spacial score (nSPS) is 18.6. The van der Waals surface area contributed by atoms with E-state index in [2.05, 4.69) is 10.1 Å². The smallest absolute Gasteiger partial charge is 0.295 e. The summed E-state index contributed by atoms with van der Waals surface area (Å²) in [4.78, 5) is 17.7. The number of phenols is 1. The Morgan fingerprint density at radius 2 is 2.04 bits per heavy atom. The van der Waals surface area contributed by atoms with Gasteiger partial charge in [-0.3, -0.25) is 4.79 Å². The largest absolute Gasteiger partial charge is 0.503 e. The van der Waals surface area contributed by atoms with Crippen molar-refractivity contribution in [3.05, 3.63) is 29.3 Å². The molecule has 1 spiro atoms. The van der Waals surface area contributed by atoms with Gasteiger partial charge in [-0.25, -0.2) is 8.78 Å². The lowest BCUT2D eigenvalue weighted by Gasteiger charge is -2.32. The summed E-state index contributed by atoms with van der Waals surface area (Å²) < 4.78 is 50.8. The average Bonchev–Trinajstić information content (AvgIpc) is 3.17. The fourth-order valence-corrected chi connectivity index (χ4v) is 2.77. The maximum Gasteiger partial charge on any atom is 0.295 e. The van der Waals surface area contributed by atoms with Crippen molar-refractivity contribution in [3.63, 3.8) is 0 Å². The van der Waals surface area contributed by atoms with Crippen LogP contribution in [-0.4, -0.2) is 51.4 Å². The summed E-state index contributed by atoms with van der Waals surface area (Å²) in [7, 11) is 0. The molecule has 4 rings (SSSR count). The van der Waals surface area contributed by atoms with E-state index in [1.165, 1.54) is 4.90 Å². The molecule has 2 aromatic rings. The minimum Gasteiger partial charge on any atom is -0.503 e. The topological polar surface area (TPSA) is 88.7 Å². The lowest BCUT2D eigenvalue weighted by atomic mass is 10.2. The maximum atomic E-state index is 13.9. The first-order chi connectivity index (χ1) is 11.9. The molecule has 0 radical (unpaired) electrons. The molecule has 2 heterocycles. The van der Waals surface area contributed by atoms with E-state index in [4.69, 9.17) is 9.26 Å². The molecule has 1 N–H and O–H groups in total. The van der Waals surface area contributed by atoms with Crippen LogP contribution in [-0.2, 0) is 4.74 Å². The molecular formula is C15H12F3N3O4. The van der Waals surface area contributed by atoms with Gasteiger partial charge in [-0.05, 0) is 18.9 Å². The highest BCUT2D eigenvalue weighted by atomic mass is 19.2. The number of aromatic nitrogens is 2. The van der Waals surface area contributed by atoms with Crippen LogP contribution in [0.25, 0.3) is 11.5 Å². The van der Waals surface area contributed by atoms with Crippen LogP contribution in [0.15, 0.2) is 10.6 Å². The number of hydrogen-bond acceptors (Lipinski definition) is 6. The second-order valence-electron chi connectivity index (χ2n) is 6.06. The summed E-state index contributed by atoms with van der Waals surface area (Å²) in [5.74, 6) is -7.56. The predicted molar refractivity (Wildman–Crippen MR) is 75.1 cm³/mol. The van der Waals surface area contributed by atoms with Gasteiger partial charge in [0.05, 0.1) is 24.3 Å². The standard InChI is InChI=1S/C15H12F3N3O4/c16-8-5-7(9(17)11(22)10(8)18)13-19-12(20-25-13)14(23)21-3-4-24-15(6-21)1-2-15/h5,22H,1-4,6H2. The number of carbonyl (C=O) groups excluding carboxylic acids is 1. The lowest BCUT2D eigenvalue weighted by Crippen LogP contribution is -2.47. The quantitative estimate of drug-likeness (QED) is 0.828. The summed E-state index contributed by atoms with van der Waals surface area (Å²) in [6, 6.07) is 0.472. The zero-order chi connectivity index (χ0) is 17.8. The number of benzene rings is 1. The molecule has 1 saturated heterocycles. The van der Waals surface area contributed by atoms with Gasteiger partial charge in [0.1, 0.15) is 0 Å². The van der Waals surface area contributed by atoms with E-state index in [0.717, 1.165) is 12.8 Å². The van der Waals surface area contributed by atoms with Gasteiger partial charge < -0.3 is 19.3 Å². The number of amides is 1. The molecule has 2 fully saturated rings. The molecule has 1 aliphatic carbocycles. The maximum absolute atomic E-state index is 13.9. The first-order valence-corrected chi connectivity index (χ1v) is 7.54. The zero-order valence-corrected chi connectivity index (χ0v) is 12.8. The Kier molecular flexibility index (Phi) is 3.46. The Morgan fingerprint density at radius 3 is 2.76 bits per heavy atom. The third-order valence-corrected chi connectivity index (χ3v) is 4.32. The summed E-state index contributed by atoms with van der Waals surface area (Å²) in [5, 5.41) is 12.7. The molecule has 1 aliphatic heterocycles. The number of halogens is 3. The van der Waals surface area contributed by atoms with Gasteiger partial charge in [-0.2, -0.15) is 9.37 Å². The number of carbonyl (C=O) groups is 1. The molecule has 132 valence electrons. The number of rotatable bonds is 2. The van der Waals surface area contributed by atoms with E-state index in [0.29, 0.717) is 25.8 Å². The van der Waals surface area contributed by atoms with Gasteiger partial charge in [0, 0.05) is 6.54 Å². The molecule has 10 heteroatoms. The van der Waals surface area contributed by atoms with E-state index in [1.807, 2.05) is 0 Å². The van der Waals surface area contributed by atoms with Crippen molar-refractivity contribution in [2.45, 2.75) is 18.4 Å². The van der Waals surface area contributed by atoms with E-state index in [9.17, 15) is 23.1 Å². The van der Waals surface area contributed by atoms with Crippen LogP contribution in [0.4, 0.5) is 13.2 Å². The number of ether oxygens (including phenoxy) is 1. The van der Waals surface area contributed by atoms with Gasteiger partial charge in [0.15, 0.2) is 17.4 Å². The van der Waals surface area contributed by atoms with Crippen molar-refractivity contribution in [2.75, 3.05) is 19.7 Å². The number of hydrogen-bond donors (Lipinski definition) is 1. The monoisotopic (exact) mass is 355 g/mol. The second kappa shape index (κ2) is 5.45. The molecule has 0 atom stereocenters. The van der Waals surface area contributed by atoms with Crippen LogP contribution < -0.4 is 0 Å². The molecule has 1 aromatic carbocycles. The number of aromatic hydroxyl groups is 1. The van der Waals surface area contributed by atoms with Crippen LogP contribution in [0, 0.1) is 17.5 Å². The first-order valence-electron chi connectivity index (χ1n) is 7.54. The third-order valence-electron chi connectivity index (χ3n) is 4.32. The molecular weight excluding hydrogens is 343 g/mol.